The van der Waals surface area contributed by atoms with Crippen molar-refractivity contribution >= 4 is 5.91 Å². The molecule has 28 heavy (non-hydrogen) atoms. The largest absolute Gasteiger partial charge is 0.318 e. The maximum absolute atomic E-state index is 13.3. The van der Waals surface area contributed by atoms with Crippen molar-refractivity contribution in [1.29, 1.82) is 0 Å². The number of nitrogens with zero attached hydrogens (tertiary/aromatic N) is 1. The van der Waals surface area contributed by atoms with Crippen molar-refractivity contribution in [3.8, 4) is 0 Å². The molecule has 0 N–H and O–H groups in total. The minimum Gasteiger partial charge on any atom is -0.318 e. The number of amides is 1. The second-order valence-electron chi connectivity index (χ2n) is 9.14. The van der Waals surface area contributed by atoms with Crippen LogP contribution in [0.25, 0.3) is 0 Å². The van der Waals surface area contributed by atoms with Crippen LogP contribution in [-0.4, -0.2) is 28.6 Å². The maximum Gasteiger partial charge on any atom is 0.251 e. The summed E-state index contributed by atoms with van der Waals surface area (Å²) in [4.78, 5) is 31.4. The normalized spacial score (nSPS) is 44.9. The first kappa shape index (κ1) is 18.6. The zero-order valence-electron chi connectivity index (χ0n) is 16.8. The lowest BCUT2D eigenvalue weighted by molar-refractivity contribution is -0.560. The van der Waals surface area contributed by atoms with E-state index in [0.29, 0.717) is 12.5 Å². The SMILES string of the molecule is C[C@@H]1CC[C@H]2[C@@H](C)C(=O)N(OCc3ccccc3)[C@@H]3O[C@@]4(C)CC[C@@H]1[C@@]23OO4. The lowest BCUT2D eigenvalue weighted by Gasteiger charge is -2.60. The van der Waals surface area contributed by atoms with Gasteiger partial charge in [-0.3, -0.25) is 9.63 Å². The third-order valence-electron chi connectivity index (χ3n) is 7.43. The molecule has 6 heteroatoms. The summed E-state index contributed by atoms with van der Waals surface area (Å²) in [7, 11) is 0. The highest BCUT2D eigenvalue weighted by Crippen LogP contribution is 2.60. The van der Waals surface area contributed by atoms with Crippen molar-refractivity contribution < 1.29 is 24.1 Å². The van der Waals surface area contributed by atoms with Crippen LogP contribution >= 0.6 is 0 Å². The lowest BCUT2D eigenvalue weighted by Crippen LogP contribution is -2.74. The Morgan fingerprint density at radius 3 is 2.68 bits per heavy atom. The van der Waals surface area contributed by atoms with Crippen LogP contribution in [0.2, 0.25) is 0 Å². The van der Waals surface area contributed by atoms with Crippen molar-refractivity contribution in [3.05, 3.63) is 35.9 Å². The summed E-state index contributed by atoms with van der Waals surface area (Å²) >= 11 is 0. The number of piperidine rings is 1. The van der Waals surface area contributed by atoms with Crippen LogP contribution in [0, 0.1) is 23.7 Å². The van der Waals surface area contributed by atoms with Gasteiger partial charge >= 0.3 is 0 Å². The molecule has 1 spiro atoms. The number of carbonyl (C=O) groups is 1. The molecule has 5 aliphatic rings. The molecule has 4 aliphatic heterocycles. The van der Waals surface area contributed by atoms with E-state index in [2.05, 4.69) is 6.92 Å². The van der Waals surface area contributed by atoms with Gasteiger partial charge in [0.1, 0.15) is 6.61 Å². The van der Waals surface area contributed by atoms with E-state index in [9.17, 15) is 4.79 Å². The first-order chi connectivity index (χ1) is 13.4. The third-order valence-corrected chi connectivity index (χ3v) is 7.43. The molecule has 6 rings (SSSR count). The number of hydrogen-bond acceptors (Lipinski definition) is 5. The number of hydroxylamine groups is 2. The number of hydrogen-bond donors (Lipinski definition) is 0. The van der Waals surface area contributed by atoms with E-state index in [1.807, 2.05) is 44.2 Å². The Balaban J connectivity index is 1.53. The van der Waals surface area contributed by atoms with E-state index in [1.54, 1.807) is 0 Å². The summed E-state index contributed by atoms with van der Waals surface area (Å²) in [5.41, 5.74) is 0.343. The highest BCUT2D eigenvalue weighted by Gasteiger charge is 2.71. The van der Waals surface area contributed by atoms with Crippen molar-refractivity contribution in [1.82, 2.24) is 5.06 Å². The van der Waals surface area contributed by atoms with Gasteiger partial charge in [0.15, 0.2) is 11.8 Å². The van der Waals surface area contributed by atoms with Crippen LogP contribution in [0.3, 0.4) is 0 Å². The minimum atomic E-state index is -0.854. The van der Waals surface area contributed by atoms with Crippen LogP contribution in [0.15, 0.2) is 30.3 Å². The molecule has 1 saturated carbocycles. The molecule has 1 aromatic carbocycles. The van der Waals surface area contributed by atoms with Gasteiger partial charge in [-0.15, -0.1) is 0 Å². The fraction of sp³-hybridized carbons (Fsp3) is 0.682. The van der Waals surface area contributed by atoms with E-state index < -0.39 is 17.6 Å². The molecule has 0 unspecified atom stereocenters. The Morgan fingerprint density at radius 2 is 1.89 bits per heavy atom. The molecule has 4 saturated heterocycles. The highest BCUT2D eigenvalue weighted by atomic mass is 17.3. The molecule has 2 bridgehead atoms. The Hall–Kier alpha value is -1.47. The number of carbonyl (C=O) groups excluding carboxylic acids is 1. The number of benzene rings is 1. The molecule has 0 radical (unpaired) electrons. The zero-order valence-corrected chi connectivity index (χ0v) is 16.8. The molecule has 5 fully saturated rings. The monoisotopic (exact) mass is 387 g/mol. The molecule has 4 heterocycles. The van der Waals surface area contributed by atoms with Gasteiger partial charge in [0.25, 0.3) is 5.91 Å². The van der Waals surface area contributed by atoms with Gasteiger partial charge in [0.2, 0.25) is 5.79 Å². The quantitative estimate of drug-likeness (QED) is 0.738. The van der Waals surface area contributed by atoms with Crippen molar-refractivity contribution in [3.63, 3.8) is 0 Å². The summed E-state index contributed by atoms with van der Waals surface area (Å²) in [5, 5.41) is 1.46. The van der Waals surface area contributed by atoms with E-state index >= 15 is 0 Å². The average Bonchev–Trinajstić information content (AvgIpc) is 2.93. The fourth-order valence-corrected chi connectivity index (χ4v) is 5.87. The summed E-state index contributed by atoms with van der Waals surface area (Å²) in [6, 6.07) is 9.88. The topological polar surface area (TPSA) is 57.2 Å². The molecule has 1 aliphatic carbocycles. The third kappa shape index (κ3) is 2.58. The van der Waals surface area contributed by atoms with Crippen LogP contribution in [0.1, 0.15) is 52.0 Å². The number of fused-ring (bicyclic) bond motifs is 2. The van der Waals surface area contributed by atoms with Crippen molar-refractivity contribution in [2.24, 2.45) is 23.7 Å². The maximum atomic E-state index is 13.3. The van der Waals surface area contributed by atoms with Crippen molar-refractivity contribution in [2.75, 3.05) is 0 Å². The highest BCUT2D eigenvalue weighted by molar-refractivity contribution is 5.79. The average molecular weight is 387 g/mol. The molecule has 6 nitrogen and oxygen atoms in total. The van der Waals surface area contributed by atoms with Gasteiger partial charge in [-0.2, -0.15) is 5.06 Å². The fourth-order valence-electron chi connectivity index (χ4n) is 5.87. The number of rotatable bonds is 3. The first-order valence-corrected chi connectivity index (χ1v) is 10.5. The second-order valence-corrected chi connectivity index (χ2v) is 9.14. The molecule has 1 aromatic rings. The standard InChI is InChI=1S/C22H29NO5/c1-14-9-10-18-15(2)19(24)23(25-13-16-7-5-4-6-8-16)20-22(18)17(14)11-12-21(3,26-20)27-28-22/h4-8,14-15,17-18,20H,9-13H2,1-3H3/t14-,15-,17+,18+,20-,21-,22-/m1/s1. The lowest BCUT2D eigenvalue weighted by atomic mass is 9.57. The predicted octanol–water partition coefficient (Wildman–Crippen LogP) is 3.81. The Kier molecular flexibility index (Phi) is 4.32. The summed E-state index contributed by atoms with van der Waals surface area (Å²) in [5.74, 6) is -0.235. The smallest absolute Gasteiger partial charge is 0.251 e. The molecule has 1 amide bonds. The number of ether oxygens (including phenoxy) is 1. The van der Waals surface area contributed by atoms with E-state index in [4.69, 9.17) is 19.3 Å². The Labute approximate surface area is 166 Å². The summed E-state index contributed by atoms with van der Waals surface area (Å²) in [6.07, 6.45) is 3.18. The Morgan fingerprint density at radius 1 is 1.11 bits per heavy atom. The van der Waals surface area contributed by atoms with Gasteiger partial charge in [-0.25, -0.2) is 9.78 Å². The first-order valence-electron chi connectivity index (χ1n) is 10.5. The molecule has 7 atom stereocenters. The molecule has 0 aromatic heterocycles. The van der Waals surface area contributed by atoms with Crippen LogP contribution in [0.4, 0.5) is 0 Å². The van der Waals surface area contributed by atoms with Crippen LogP contribution in [-0.2, 0) is 30.8 Å². The summed E-state index contributed by atoms with van der Waals surface area (Å²) < 4.78 is 6.43. The van der Waals surface area contributed by atoms with Gasteiger partial charge in [-0.05, 0) is 43.6 Å². The second kappa shape index (κ2) is 6.52. The molecular weight excluding hydrogens is 358 g/mol. The Bertz CT molecular complexity index is 757. The van der Waals surface area contributed by atoms with Gasteiger partial charge in [-0.1, -0.05) is 44.2 Å². The van der Waals surface area contributed by atoms with Crippen molar-refractivity contribution in [2.45, 2.75) is 70.7 Å². The summed E-state index contributed by atoms with van der Waals surface area (Å²) in [6.45, 7) is 6.49. The van der Waals surface area contributed by atoms with E-state index in [0.717, 1.165) is 31.2 Å². The van der Waals surface area contributed by atoms with Gasteiger partial charge < -0.3 is 4.74 Å². The van der Waals surface area contributed by atoms with Crippen LogP contribution in [0.5, 0.6) is 0 Å². The minimum absolute atomic E-state index is 0.0235. The zero-order chi connectivity index (χ0) is 19.5. The molecular formula is C22H29NO5. The molecule has 152 valence electrons. The van der Waals surface area contributed by atoms with Crippen LogP contribution < -0.4 is 0 Å². The predicted molar refractivity (Wildman–Crippen MR) is 100 cm³/mol. The van der Waals surface area contributed by atoms with Gasteiger partial charge in [0, 0.05) is 18.3 Å². The van der Waals surface area contributed by atoms with E-state index in [-0.39, 0.29) is 23.7 Å². The van der Waals surface area contributed by atoms with E-state index in [1.165, 1.54) is 5.06 Å². The van der Waals surface area contributed by atoms with Gasteiger partial charge in [0.05, 0.1) is 0 Å².